The van der Waals surface area contributed by atoms with Crippen LogP contribution in [0.4, 0.5) is 5.82 Å². The van der Waals surface area contributed by atoms with Crippen molar-refractivity contribution in [2.45, 2.75) is 9.92 Å². The molecule has 0 radical (unpaired) electrons. The molecule has 1 heterocycles. The van der Waals surface area contributed by atoms with E-state index in [2.05, 4.69) is 10.3 Å². The smallest absolute Gasteiger partial charge is 0.162 e. The number of benzene rings is 2. The average Bonchev–Trinajstić information content (AvgIpc) is 2.70. The maximum absolute atomic E-state index is 5.97. The highest BCUT2D eigenvalue weighted by Gasteiger charge is 2.09. The zero-order valence-corrected chi connectivity index (χ0v) is 16.7. The minimum Gasteiger partial charge on any atom is -0.497 e. The molecule has 3 rings (SSSR count). The molecule has 3 aromatic rings. The van der Waals surface area contributed by atoms with Gasteiger partial charge in [-0.2, -0.15) is 0 Å². The molecule has 0 aliphatic carbocycles. The summed E-state index contributed by atoms with van der Waals surface area (Å²) in [5, 5.41) is 4.83. The van der Waals surface area contributed by atoms with Crippen LogP contribution >= 0.6 is 23.4 Å². The molecule has 5 nitrogen and oxygen atoms in total. The molecule has 140 valence electrons. The van der Waals surface area contributed by atoms with Gasteiger partial charge in [-0.3, -0.25) is 0 Å². The van der Waals surface area contributed by atoms with Crippen LogP contribution in [0.1, 0.15) is 0 Å². The maximum atomic E-state index is 5.97. The standard InChI is InChI=1S/C20H20ClN3O2S/c1-25-12-11-22-18-13-19(27-17-9-5-15(21)6-10-17)24-20(23-18)14-3-7-16(26-2)8-4-14/h3-10,13H,11-12H2,1-2H3,(H,22,23,24). The molecular formula is C20H20ClN3O2S. The zero-order chi connectivity index (χ0) is 19.1. The molecule has 0 saturated heterocycles. The second-order valence-corrected chi connectivity index (χ2v) is 7.15. The molecule has 2 aromatic carbocycles. The minimum absolute atomic E-state index is 0.599. The van der Waals surface area contributed by atoms with Gasteiger partial charge in [0.05, 0.1) is 13.7 Å². The Labute approximate surface area is 168 Å². The Hall–Kier alpha value is -2.28. The van der Waals surface area contributed by atoms with Gasteiger partial charge in [0.2, 0.25) is 0 Å². The predicted molar refractivity (Wildman–Crippen MR) is 110 cm³/mol. The van der Waals surface area contributed by atoms with E-state index in [0.717, 1.165) is 27.1 Å². The van der Waals surface area contributed by atoms with Gasteiger partial charge in [0.15, 0.2) is 5.82 Å². The van der Waals surface area contributed by atoms with Crippen LogP contribution in [0.5, 0.6) is 5.75 Å². The van der Waals surface area contributed by atoms with Crippen LogP contribution in [-0.4, -0.2) is 37.3 Å². The monoisotopic (exact) mass is 401 g/mol. The molecule has 0 saturated carbocycles. The van der Waals surface area contributed by atoms with Gasteiger partial charge in [-0.15, -0.1) is 0 Å². The first-order chi connectivity index (χ1) is 13.2. The van der Waals surface area contributed by atoms with E-state index in [0.29, 0.717) is 24.0 Å². The lowest BCUT2D eigenvalue weighted by Gasteiger charge is -2.10. The number of ether oxygens (including phenoxy) is 2. The van der Waals surface area contributed by atoms with Crippen LogP contribution in [0, 0.1) is 0 Å². The first-order valence-electron chi connectivity index (χ1n) is 8.37. The van der Waals surface area contributed by atoms with E-state index in [1.54, 1.807) is 26.0 Å². The summed E-state index contributed by atoms with van der Waals surface area (Å²) < 4.78 is 10.3. The van der Waals surface area contributed by atoms with Gasteiger partial charge >= 0.3 is 0 Å². The SMILES string of the molecule is COCCNc1cc(Sc2ccc(Cl)cc2)nc(-c2ccc(OC)cc2)n1. The van der Waals surface area contributed by atoms with Crippen molar-refractivity contribution in [3.8, 4) is 17.1 Å². The van der Waals surface area contributed by atoms with Crippen LogP contribution in [0.3, 0.4) is 0 Å². The number of hydrogen-bond donors (Lipinski definition) is 1. The van der Waals surface area contributed by atoms with E-state index < -0.39 is 0 Å². The normalized spacial score (nSPS) is 10.6. The lowest BCUT2D eigenvalue weighted by atomic mass is 10.2. The number of nitrogens with zero attached hydrogens (tertiary/aromatic N) is 2. The van der Waals surface area contributed by atoms with Crippen molar-refractivity contribution in [2.24, 2.45) is 0 Å². The van der Waals surface area contributed by atoms with Crippen LogP contribution in [0.25, 0.3) is 11.4 Å². The molecule has 7 heteroatoms. The van der Waals surface area contributed by atoms with E-state index >= 15 is 0 Å². The van der Waals surface area contributed by atoms with Crippen molar-refractivity contribution in [1.29, 1.82) is 0 Å². The van der Waals surface area contributed by atoms with E-state index in [1.807, 2.05) is 54.6 Å². The highest BCUT2D eigenvalue weighted by atomic mass is 35.5. The average molecular weight is 402 g/mol. The van der Waals surface area contributed by atoms with E-state index in [-0.39, 0.29) is 0 Å². The largest absolute Gasteiger partial charge is 0.497 e. The summed E-state index contributed by atoms with van der Waals surface area (Å²) in [6.07, 6.45) is 0. The first-order valence-corrected chi connectivity index (χ1v) is 9.57. The topological polar surface area (TPSA) is 56.3 Å². The van der Waals surface area contributed by atoms with E-state index in [1.165, 1.54) is 0 Å². The molecule has 0 fully saturated rings. The van der Waals surface area contributed by atoms with Gasteiger partial charge in [-0.1, -0.05) is 23.4 Å². The molecule has 0 atom stereocenters. The van der Waals surface area contributed by atoms with Gasteiger partial charge < -0.3 is 14.8 Å². The summed E-state index contributed by atoms with van der Waals surface area (Å²) >= 11 is 7.53. The second-order valence-electron chi connectivity index (χ2n) is 5.62. The summed E-state index contributed by atoms with van der Waals surface area (Å²) in [7, 11) is 3.32. The minimum atomic E-state index is 0.599. The number of aromatic nitrogens is 2. The Kier molecular flexibility index (Phi) is 6.92. The van der Waals surface area contributed by atoms with Crippen molar-refractivity contribution < 1.29 is 9.47 Å². The van der Waals surface area contributed by atoms with Crippen LogP contribution in [0.2, 0.25) is 5.02 Å². The fourth-order valence-corrected chi connectivity index (χ4v) is 3.28. The van der Waals surface area contributed by atoms with Gasteiger partial charge in [0, 0.05) is 35.2 Å². The highest BCUT2D eigenvalue weighted by molar-refractivity contribution is 7.99. The molecular weight excluding hydrogens is 382 g/mol. The summed E-state index contributed by atoms with van der Waals surface area (Å²) in [6.45, 7) is 1.27. The Balaban J connectivity index is 1.90. The Morgan fingerprint density at radius 3 is 2.41 bits per heavy atom. The third-order valence-electron chi connectivity index (χ3n) is 3.70. The van der Waals surface area contributed by atoms with Crippen LogP contribution < -0.4 is 10.1 Å². The van der Waals surface area contributed by atoms with Crippen molar-refractivity contribution in [3.63, 3.8) is 0 Å². The molecule has 0 unspecified atom stereocenters. The third kappa shape index (κ3) is 5.60. The third-order valence-corrected chi connectivity index (χ3v) is 4.88. The van der Waals surface area contributed by atoms with E-state index in [4.69, 9.17) is 26.1 Å². The van der Waals surface area contributed by atoms with Gasteiger partial charge in [-0.05, 0) is 48.5 Å². The summed E-state index contributed by atoms with van der Waals surface area (Å²) in [5.74, 6) is 2.20. The van der Waals surface area contributed by atoms with Gasteiger partial charge in [0.25, 0.3) is 0 Å². The van der Waals surface area contributed by atoms with Crippen LogP contribution in [-0.2, 0) is 4.74 Å². The quantitative estimate of drug-likeness (QED) is 0.422. The fraction of sp³-hybridized carbons (Fsp3) is 0.200. The number of rotatable bonds is 8. The van der Waals surface area contributed by atoms with Crippen molar-refractivity contribution in [2.75, 3.05) is 32.7 Å². The number of methoxy groups -OCH3 is 2. The summed E-state index contributed by atoms with van der Waals surface area (Å²) in [5.41, 5.74) is 0.921. The second kappa shape index (κ2) is 9.60. The summed E-state index contributed by atoms with van der Waals surface area (Å²) in [6, 6.07) is 17.3. The molecule has 0 spiro atoms. The number of hydrogen-bond acceptors (Lipinski definition) is 6. The highest BCUT2D eigenvalue weighted by Crippen LogP contribution is 2.30. The fourth-order valence-electron chi connectivity index (χ4n) is 2.34. The van der Waals surface area contributed by atoms with Crippen molar-refractivity contribution in [1.82, 2.24) is 9.97 Å². The maximum Gasteiger partial charge on any atom is 0.162 e. The number of anilines is 1. The molecule has 27 heavy (non-hydrogen) atoms. The molecule has 0 bridgehead atoms. The number of nitrogens with one attached hydrogen (secondary N) is 1. The summed E-state index contributed by atoms with van der Waals surface area (Å²) in [4.78, 5) is 10.4. The molecule has 0 aliphatic heterocycles. The molecule has 1 aromatic heterocycles. The Bertz CT molecular complexity index is 873. The van der Waals surface area contributed by atoms with Gasteiger partial charge in [-0.25, -0.2) is 9.97 Å². The van der Waals surface area contributed by atoms with E-state index in [9.17, 15) is 0 Å². The number of halogens is 1. The van der Waals surface area contributed by atoms with Crippen molar-refractivity contribution in [3.05, 3.63) is 59.6 Å². The molecule has 0 amide bonds. The lowest BCUT2D eigenvalue weighted by molar-refractivity contribution is 0.210. The lowest BCUT2D eigenvalue weighted by Crippen LogP contribution is -2.09. The van der Waals surface area contributed by atoms with Crippen LogP contribution in [0.15, 0.2) is 64.5 Å². The Morgan fingerprint density at radius 1 is 1.00 bits per heavy atom. The van der Waals surface area contributed by atoms with Crippen molar-refractivity contribution >= 4 is 29.2 Å². The molecule has 0 aliphatic rings. The Morgan fingerprint density at radius 2 is 1.74 bits per heavy atom. The predicted octanol–water partition coefficient (Wildman–Crippen LogP) is 5.02. The van der Waals surface area contributed by atoms with Gasteiger partial charge in [0.1, 0.15) is 16.6 Å². The molecule has 1 N–H and O–H groups in total. The first kappa shape index (κ1) is 19.5. The zero-order valence-electron chi connectivity index (χ0n) is 15.1.